The third-order valence-electron chi connectivity index (χ3n) is 6.55. The molecule has 0 amide bonds. The lowest BCUT2D eigenvalue weighted by atomic mass is 9.99. The third-order valence-corrected chi connectivity index (χ3v) is 6.55. The number of aryl methyl sites for hydroxylation is 1. The molecule has 0 saturated heterocycles. The summed E-state index contributed by atoms with van der Waals surface area (Å²) in [5.41, 5.74) is 1.73. The van der Waals surface area contributed by atoms with Gasteiger partial charge in [0.1, 0.15) is 5.76 Å². The van der Waals surface area contributed by atoms with Crippen LogP contribution in [0.2, 0.25) is 0 Å². The van der Waals surface area contributed by atoms with Gasteiger partial charge >= 0.3 is 11.9 Å². The molecule has 1 aromatic rings. The number of hydrogen-bond acceptors (Lipinski definition) is 4. The standard InChI is InChI=1S/C30H46O4/c1-3-5-7-9-11-14-18-25-21-22-27(29(31)33-23-17-12-10-8-6-4-2)28(24-25)30(32)34-26-19-15-13-16-20-26/h19,21-22,24H,3-18,20,23H2,1-2H3. The first-order valence-corrected chi connectivity index (χ1v) is 13.9. The molecule has 34 heavy (non-hydrogen) atoms. The molecule has 0 saturated carbocycles. The van der Waals surface area contributed by atoms with E-state index in [9.17, 15) is 9.59 Å². The molecule has 0 fully saturated rings. The van der Waals surface area contributed by atoms with E-state index in [2.05, 4.69) is 13.8 Å². The molecule has 0 aromatic heterocycles. The fraction of sp³-hybridized carbons (Fsp3) is 0.667. The minimum absolute atomic E-state index is 0.319. The Morgan fingerprint density at radius 2 is 1.44 bits per heavy atom. The smallest absolute Gasteiger partial charge is 0.344 e. The van der Waals surface area contributed by atoms with Crippen molar-refractivity contribution in [3.05, 3.63) is 46.7 Å². The highest BCUT2D eigenvalue weighted by molar-refractivity contribution is 6.03. The van der Waals surface area contributed by atoms with Gasteiger partial charge in [-0.25, -0.2) is 9.59 Å². The number of allylic oxidation sites excluding steroid dienone is 2. The first-order valence-electron chi connectivity index (χ1n) is 13.9. The van der Waals surface area contributed by atoms with E-state index in [4.69, 9.17) is 9.47 Å². The molecule has 4 nitrogen and oxygen atoms in total. The van der Waals surface area contributed by atoms with Crippen LogP contribution in [-0.2, 0) is 15.9 Å². The third kappa shape index (κ3) is 10.9. The minimum Gasteiger partial charge on any atom is -0.462 e. The van der Waals surface area contributed by atoms with Crippen molar-refractivity contribution in [1.82, 2.24) is 0 Å². The van der Waals surface area contributed by atoms with E-state index in [-0.39, 0.29) is 0 Å². The Balaban J connectivity index is 1.98. The highest BCUT2D eigenvalue weighted by Gasteiger charge is 2.22. The van der Waals surface area contributed by atoms with Gasteiger partial charge in [0.2, 0.25) is 0 Å². The van der Waals surface area contributed by atoms with Crippen LogP contribution in [0.5, 0.6) is 0 Å². The van der Waals surface area contributed by atoms with Gasteiger partial charge in [-0.05, 0) is 62.3 Å². The number of ether oxygens (including phenoxy) is 2. The Labute approximate surface area is 207 Å². The maximum Gasteiger partial charge on any atom is 0.344 e. The SMILES string of the molecule is CCCCCCCCOC(=O)c1ccc(CCCCCCCC)cc1C(=O)OC1=CCCCC1. The van der Waals surface area contributed by atoms with Crippen LogP contribution in [0.4, 0.5) is 0 Å². The molecular weight excluding hydrogens is 424 g/mol. The van der Waals surface area contributed by atoms with E-state index in [0.717, 1.165) is 62.7 Å². The molecule has 0 unspecified atom stereocenters. The molecule has 2 rings (SSSR count). The summed E-state index contributed by atoms with van der Waals surface area (Å²) in [6, 6.07) is 5.56. The largest absolute Gasteiger partial charge is 0.462 e. The molecule has 0 spiro atoms. The van der Waals surface area contributed by atoms with Crippen molar-refractivity contribution >= 4 is 11.9 Å². The van der Waals surface area contributed by atoms with Crippen LogP contribution in [-0.4, -0.2) is 18.5 Å². The van der Waals surface area contributed by atoms with E-state index in [1.807, 2.05) is 18.2 Å². The normalized spacial score (nSPS) is 13.4. The zero-order valence-electron chi connectivity index (χ0n) is 21.7. The molecule has 1 aromatic carbocycles. The molecule has 190 valence electrons. The predicted octanol–water partition coefficient (Wildman–Crippen LogP) is 8.72. The van der Waals surface area contributed by atoms with Crippen LogP contribution in [0.3, 0.4) is 0 Å². The summed E-state index contributed by atoms with van der Waals surface area (Å²) in [6.07, 6.45) is 20.9. The number of benzene rings is 1. The predicted molar refractivity (Wildman–Crippen MR) is 139 cm³/mol. The van der Waals surface area contributed by atoms with Crippen molar-refractivity contribution in [3.63, 3.8) is 0 Å². The fourth-order valence-electron chi connectivity index (χ4n) is 4.40. The average Bonchev–Trinajstić information content (AvgIpc) is 2.86. The van der Waals surface area contributed by atoms with Crippen LogP contribution in [0.25, 0.3) is 0 Å². The molecule has 0 aliphatic heterocycles. The van der Waals surface area contributed by atoms with Crippen LogP contribution >= 0.6 is 0 Å². The summed E-state index contributed by atoms with van der Waals surface area (Å²) in [4.78, 5) is 25.9. The zero-order valence-corrected chi connectivity index (χ0v) is 21.7. The monoisotopic (exact) mass is 470 g/mol. The highest BCUT2D eigenvalue weighted by atomic mass is 16.5. The Hall–Kier alpha value is -2.10. The Morgan fingerprint density at radius 1 is 0.765 bits per heavy atom. The lowest BCUT2D eigenvalue weighted by Gasteiger charge is -2.15. The summed E-state index contributed by atoms with van der Waals surface area (Å²) in [7, 11) is 0. The van der Waals surface area contributed by atoms with Gasteiger partial charge < -0.3 is 9.47 Å². The van der Waals surface area contributed by atoms with Crippen LogP contribution < -0.4 is 0 Å². The first-order chi connectivity index (χ1) is 16.7. The van der Waals surface area contributed by atoms with Crippen molar-refractivity contribution in [3.8, 4) is 0 Å². The van der Waals surface area contributed by atoms with Gasteiger partial charge in [-0.15, -0.1) is 0 Å². The molecule has 4 heteroatoms. The van der Waals surface area contributed by atoms with Gasteiger partial charge in [0.25, 0.3) is 0 Å². The van der Waals surface area contributed by atoms with Crippen LogP contribution in [0.1, 0.15) is 143 Å². The summed E-state index contributed by atoms with van der Waals surface area (Å²) < 4.78 is 11.2. The van der Waals surface area contributed by atoms with Gasteiger partial charge in [-0.1, -0.05) is 84.1 Å². The lowest BCUT2D eigenvalue weighted by molar-refractivity contribution is 0.0480. The van der Waals surface area contributed by atoms with E-state index in [1.165, 1.54) is 57.8 Å². The lowest BCUT2D eigenvalue weighted by Crippen LogP contribution is -2.15. The highest BCUT2D eigenvalue weighted by Crippen LogP contribution is 2.23. The summed E-state index contributed by atoms with van der Waals surface area (Å²) in [6.45, 7) is 4.82. The van der Waals surface area contributed by atoms with Crippen molar-refractivity contribution in [1.29, 1.82) is 0 Å². The first kappa shape index (κ1) is 28.1. The number of rotatable bonds is 17. The molecule has 0 bridgehead atoms. The summed E-state index contributed by atoms with van der Waals surface area (Å²) >= 11 is 0. The summed E-state index contributed by atoms with van der Waals surface area (Å²) in [5, 5.41) is 0. The van der Waals surface area contributed by atoms with Gasteiger partial charge in [0.05, 0.1) is 17.7 Å². The Bertz CT molecular complexity index is 765. The van der Waals surface area contributed by atoms with Gasteiger partial charge in [0.15, 0.2) is 0 Å². The van der Waals surface area contributed by atoms with E-state index >= 15 is 0 Å². The van der Waals surface area contributed by atoms with Crippen molar-refractivity contribution in [2.24, 2.45) is 0 Å². The number of hydrogen-bond donors (Lipinski definition) is 0. The summed E-state index contributed by atoms with van der Waals surface area (Å²) in [5.74, 6) is -0.141. The average molecular weight is 471 g/mol. The van der Waals surface area contributed by atoms with Gasteiger partial charge in [0, 0.05) is 6.42 Å². The Morgan fingerprint density at radius 3 is 2.12 bits per heavy atom. The van der Waals surface area contributed by atoms with Crippen LogP contribution in [0, 0.1) is 0 Å². The fourth-order valence-corrected chi connectivity index (χ4v) is 4.40. The topological polar surface area (TPSA) is 52.6 Å². The van der Waals surface area contributed by atoms with Gasteiger partial charge in [-0.2, -0.15) is 0 Å². The number of carbonyl (C=O) groups excluding carboxylic acids is 2. The molecular formula is C30H46O4. The van der Waals surface area contributed by atoms with Gasteiger partial charge in [-0.3, -0.25) is 0 Å². The maximum absolute atomic E-state index is 13.0. The maximum atomic E-state index is 13.0. The molecule has 1 aliphatic carbocycles. The number of esters is 2. The molecule has 0 atom stereocenters. The Kier molecular flexibility index (Phi) is 14.4. The second kappa shape index (κ2) is 17.4. The van der Waals surface area contributed by atoms with Crippen molar-refractivity contribution < 1.29 is 19.1 Å². The second-order valence-corrected chi connectivity index (χ2v) is 9.61. The van der Waals surface area contributed by atoms with Crippen molar-refractivity contribution in [2.45, 2.75) is 123 Å². The minimum atomic E-state index is -0.440. The van der Waals surface area contributed by atoms with Crippen LogP contribution in [0.15, 0.2) is 30.0 Å². The molecule has 0 N–H and O–H groups in total. The van der Waals surface area contributed by atoms with E-state index < -0.39 is 11.9 Å². The molecule has 0 radical (unpaired) electrons. The quantitative estimate of drug-likeness (QED) is 0.169. The second-order valence-electron chi connectivity index (χ2n) is 9.61. The molecule has 1 aliphatic rings. The van der Waals surface area contributed by atoms with E-state index in [1.54, 1.807) is 6.07 Å². The molecule has 0 heterocycles. The zero-order chi connectivity index (χ0) is 24.4. The number of carbonyl (C=O) groups is 2. The number of unbranched alkanes of at least 4 members (excludes halogenated alkanes) is 10. The van der Waals surface area contributed by atoms with E-state index in [0.29, 0.717) is 17.7 Å². The van der Waals surface area contributed by atoms with Crippen molar-refractivity contribution in [2.75, 3.05) is 6.61 Å².